The fourth-order valence-corrected chi connectivity index (χ4v) is 1.98. The van der Waals surface area contributed by atoms with Crippen LogP contribution in [0.15, 0.2) is 6.07 Å². The first-order valence-corrected chi connectivity index (χ1v) is 4.97. The molecule has 0 saturated carbocycles. The van der Waals surface area contributed by atoms with E-state index >= 15 is 0 Å². The fourth-order valence-electron chi connectivity index (χ4n) is 1.98. The summed E-state index contributed by atoms with van der Waals surface area (Å²) >= 11 is 0. The van der Waals surface area contributed by atoms with E-state index in [0.717, 1.165) is 12.2 Å². The molecule has 3 nitrogen and oxygen atoms in total. The molecule has 13 heavy (non-hydrogen) atoms. The third-order valence-electron chi connectivity index (χ3n) is 2.68. The minimum atomic E-state index is 1.07. The minimum absolute atomic E-state index is 1.07. The highest BCUT2D eigenvalue weighted by atomic mass is 15.3. The van der Waals surface area contributed by atoms with Crippen molar-refractivity contribution in [1.29, 1.82) is 0 Å². The average molecular weight is 179 g/mol. The van der Waals surface area contributed by atoms with Gasteiger partial charge in [0.1, 0.15) is 0 Å². The Hall–Kier alpha value is -0.830. The van der Waals surface area contributed by atoms with Gasteiger partial charge in [0.2, 0.25) is 0 Å². The maximum absolute atomic E-state index is 4.34. The third kappa shape index (κ3) is 1.91. The van der Waals surface area contributed by atoms with E-state index in [2.05, 4.69) is 16.1 Å². The van der Waals surface area contributed by atoms with Crippen LogP contribution in [0.5, 0.6) is 0 Å². The van der Waals surface area contributed by atoms with Crippen molar-refractivity contribution in [3.8, 4) is 0 Å². The lowest BCUT2D eigenvalue weighted by molar-refractivity contribution is 0.321. The quantitative estimate of drug-likeness (QED) is 0.683. The Bertz CT molecular complexity index is 284. The number of aromatic nitrogens is 2. The first kappa shape index (κ1) is 8.75. The molecule has 1 aliphatic heterocycles. The van der Waals surface area contributed by atoms with E-state index in [1.807, 2.05) is 18.7 Å². The standard InChI is InChI=1S/C10H17N3/c1-9-7-10(12(2)11-9)8-13-5-3-4-6-13/h7H,3-6,8H2,1-2H3. The summed E-state index contributed by atoms with van der Waals surface area (Å²) < 4.78 is 1.99. The van der Waals surface area contributed by atoms with Crippen LogP contribution in [0, 0.1) is 6.92 Å². The lowest BCUT2D eigenvalue weighted by Crippen LogP contribution is -2.20. The Kier molecular flexibility index (Phi) is 2.36. The molecule has 2 heterocycles. The van der Waals surface area contributed by atoms with E-state index in [-0.39, 0.29) is 0 Å². The highest BCUT2D eigenvalue weighted by Crippen LogP contribution is 2.12. The van der Waals surface area contributed by atoms with Gasteiger partial charge in [-0.2, -0.15) is 5.10 Å². The van der Waals surface area contributed by atoms with E-state index in [9.17, 15) is 0 Å². The molecule has 0 bridgehead atoms. The maximum Gasteiger partial charge on any atom is 0.0597 e. The molecular weight excluding hydrogens is 162 g/mol. The number of rotatable bonds is 2. The summed E-state index contributed by atoms with van der Waals surface area (Å²) in [4.78, 5) is 2.50. The summed E-state index contributed by atoms with van der Waals surface area (Å²) in [5, 5.41) is 4.34. The van der Waals surface area contributed by atoms with E-state index in [1.165, 1.54) is 31.6 Å². The fraction of sp³-hybridized carbons (Fsp3) is 0.700. The summed E-state index contributed by atoms with van der Waals surface area (Å²) in [6.07, 6.45) is 2.72. The van der Waals surface area contributed by atoms with Crippen molar-refractivity contribution in [2.24, 2.45) is 7.05 Å². The van der Waals surface area contributed by atoms with E-state index in [0.29, 0.717) is 0 Å². The second kappa shape index (κ2) is 3.50. The number of hydrogen-bond acceptors (Lipinski definition) is 2. The molecule has 0 aromatic carbocycles. The van der Waals surface area contributed by atoms with Gasteiger partial charge in [0.05, 0.1) is 11.4 Å². The number of hydrogen-bond donors (Lipinski definition) is 0. The van der Waals surface area contributed by atoms with Crippen molar-refractivity contribution in [1.82, 2.24) is 14.7 Å². The smallest absolute Gasteiger partial charge is 0.0597 e. The van der Waals surface area contributed by atoms with Crippen molar-refractivity contribution in [2.75, 3.05) is 13.1 Å². The molecule has 1 aromatic heterocycles. The zero-order valence-corrected chi connectivity index (χ0v) is 8.45. The van der Waals surface area contributed by atoms with Gasteiger partial charge in [0, 0.05) is 13.6 Å². The van der Waals surface area contributed by atoms with Crippen LogP contribution in [0.2, 0.25) is 0 Å². The van der Waals surface area contributed by atoms with Crippen LogP contribution in [-0.2, 0) is 13.6 Å². The predicted octanol–water partition coefficient (Wildman–Crippen LogP) is 1.32. The largest absolute Gasteiger partial charge is 0.298 e. The normalized spacial score (nSPS) is 18.3. The Morgan fingerprint density at radius 2 is 2.08 bits per heavy atom. The first-order chi connectivity index (χ1) is 6.25. The van der Waals surface area contributed by atoms with Gasteiger partial charge < -0.3 is 0 Å². The van der Waals surface area contributed by atoms with Crippen molar-refractivity contribution in [2.45, 2.75) is 26.3 Å². The number of likely N-dealkylation sites (tertiary alicyclic amines) is 1. The summed E-state index contributed by atoms with van der Waals surface area (Å²) in [5.74, 6) is 0. The summed E-state index contributed by atoms with van der Waals surface area (Å²) in [7, 11) is 2.03. The van der Waals surface area contributed by atoms with Crippen molar-refractivity contribution >= 4 is 0 Å². The van der Waals surface area contributed by atoms with Crippen molar-refractivity contribution in [3.05, 3.63) is 17.5 Å². The zero-order chi connectivity index (χ0) is 9.26. The van der Waals surface area contributed by atoms with E-state index in [4.69, 9.17) is 0 Å². The molecule has 3 heteroatoms. The molecule has 0 radical (unpaired) electrons. The van der Waals surface area contributed by atoms with Gasteiger partial charge in [-0.1, -0.05) is 0 Å². The first-order valence-electron chi connectivity index (χ1n) is 4.97. The van der Waals surface area contributed by atoms with Gasteiger partial charge in [-0.25, -0.2) is 0 Å². The summed E-state index contributed by atoms with van der Waals surface area (Å²) in [6.45, 7) is 5.62. The van der Waals surface area contributed by atoms with Gasteiger partial charge in [-0.3, -0.25) is 9.58 Å². The molecule has 0 spiro atoms. The molecular formula is C10H17N3. The Balaban J connectivity index is 2.03. The highest BCUT2D eigenvalue weighted by molar-refractivity contribution is 5.08. The SMILES string of the molecule is Cc1cc(CN2CCCC2)n(C)n1. The second-order valence-electron chi connectivity index (χ2n) is 3.88. The van der Waals surface area contributed by atoms with E-state index < -0.39 is 0 Å². The Labute approximate surface area is 79.3 Å². The number of aryl methyl sites for hydroxylation is 2. The second-order valence-corrected chi connectivity index (χ2v) is 3.88. The van der Waals surface area contributed by atoms with Crippen molar-refractivity contribution in [3.63, 3.8) is 0 Å². The Morgan fingerprint density at radius 1 is 1.38 bits per heavy atom. The molecule has 0 amide bonds. The lowest BCUT2D eigenvalue weighted by atomic mass is 10.3. The summed E-state index contributed by atoms with van der Waals surface area (Å²) in [6, 6.07) is 2.18. The van der Waals surface area contributed by atoms with E-state index in [1.54, 1.807) is 0 Å². The topological polar surface area (TPSA) is 21.1 Å². The third-order valence-corrected chi connectivity index (χ3v) is 2.68. The van der Waals surface area contributed by atoms with Gasteiger partial charge in [-0.15, -0.1) is 0 Å². The average Bonchev–Trinajstić information content (AvgIpc) is 2.63. The van der Waals surface area contributed by atoms with Crippen LogP contribution in [-0.4, -0.2) is 27.8 Å². The molecule has 1 saturated heterocycles. The highest BCUT2D eigenvalue weighted by Gasteiger charge is 2.13. The van der Waals surface area contributed by atoms with Crippen LogP contribution in [0.25, 0.3) is 0 Å². The number of nitrogens with zero attached hydrogens (tertiary/aromatic N) is 3. The zero-order valence-electron chi connectivity index (χ0n) is 8.45. The minimum Gasteiger partial charge on any atom is -0.298 e. The van der Waals surface area contributed by atoms with Gasteiger partial charge in [0.25, 0.3) is 0 Å². The monoisotopic (exact) mass is 179 g/mol. The summed E-state index contributed by atoms with van der Waals surface area (Å²) in [5.41, 5.74) is 2.45. The predicted molar refractivity (Wildman–Crippen MR) is 52.5 cm³/mol. The molecule has 72 valence electrons. The lowest BCUT2D eigenvalue weighted by Gasteiger charge is -2.13. The molecule has 1 aromatic rings. The molecule has 0 atom stereocenters. The van der Waals surface area contributed by atoms with Crippen LogP contribution >= 0.6 is 0 Å². The van der Waals surface area contributed by atoms with Gasteiger partial charge >= 0.3 is 0 Å². The van der Waals surface area contributed by atoms with Gasteiger partial charge in [-0.05, 0) is 38.9 Å². The molecule has 0 unspecified atom stereocenters. The van der Waals surface area contributed by atoms with Crippen LogP contribution < -0.4 is 0 Å². The molecule has 0 aliphatic carbocycles. The van der Waals surface area contributed by atoms with Crippen LogP contribution in [0.3, 0.4) is 0 Å². The van der Waals surface area contributed by atoms with Crippen LogP contribution in [0.4, 0.5) is 0 Å². The molecule has 1 fully saturated rings. The van der Waals surface area contributed by atoms with Gasteiger partial charge in [0.15, 0.2) is 0 Å². The van der Waals surface area contributed by atoms with Crippen LogP contribution in [0.1, 0.15) is 24.2 Å². The maximum atomic E-state index is 4.34. The molecule has 1 aliphatic rings. The molecule has 0 N–H and O–H groups in total. The Morgan fingerprint density at radius 3 is 2.62 bits per heavy atom. The molecule has 2 rings (SSSR count). The van der Waals surface area contributed by atoms with Crippen molar-refractivity contribution < 1.29 is 0 Å².